The van der Waals surface area contributed by atoms with Crippen LogP contribution in [0.1, 0.15) is 15.9 Å². The molecule has 0 heterocycles. The second-order valence-electron chi connectivity index (χ2n) is 4.11. The summed E-state index contributed by atoms with van der Waals surface area (Å²) in [5.41, 5.74) is 0.715. The molecule has 0 amide bonds. The molecule has 5 nitrogen and oxygen atoms in total. The van der Waals surface area contributed by atoms with E-state index in [-0.39, 0.29) is 17.0 Å². The molecule has 0 atom stereocenters. The van der Waals surface area contributed by atoms with Crippen LogP contribution >= 0.6 is 11.6 Å². The van der Waals surface area contributed by atoms with Crippen molar-refractivity contribution in [2.24, 2.45) is 0 Å². The zero-order valence-corrected chi connectivity index (χ0v) is 11.3. The molecule has 0 N–H and O–H groups in total. The van der Waals surface area contributed by atoms with Crippen LogP contribution in [0.5, 0.6) is 11.5 Å². The number of aryl methyl sites for hydroxylation is 1. The van der Waals surface area contributed by atoms with Gasteiger partial charge in [-0.1, -0.05) is 11.6 Å². The van der Waals surface area contributed by atoms with Crippen LogP contribution in [0.25, 0.3) is 0 Å². The molecule has 2 rings (SSSR count). The van der Waals surface area contributed by atoms with Crippen LogP contribution in [-0.2, 0) is 0 Å². The fraction of sp³-hybridized carbons (Fsp3) is 0.0714. The lowest BCUT2D eigenvalue weighted by Gasteiger charge is -2.09. The first-order chi connectivity index (χ1) is 9.51. The number of ether oxygens (including phenoxy) is 1. The first kappa shape index (κ1) is 14.0. The van der Waals surface area contributed by atoms with Gasteiger partial charge in [0.1, 0.15) is 12.0 Å². The molecule has 0 aliphatic heterocycles. The maximum Gasteiger partial charge on any atom is 0.312 e. The summed E-state index contributed by atoms with van der Waals surface area (Å²) in [6.07, 6.45) is 0.546. The van der Waals surface area contributed by atoms with Gasteiger partial charge in [0, 0.05) is 16.7 Å². The van der Waals surface area contributed by atoms with Crippen molar-refractivity contribution in [3.63, 3.8) is 0 Å². The maximum absolute atomic E-state index is 11.0. The van der Waals surface area contributed by atoms with Crippen LogP contribution in [0.15, 0.2) is 36.4 Å². The Morgan fingerprint density at radius 1 is 1.20 bits per heavy atom. The van der Waals surface area contributed by atoms with E-state index in [0.717, 1.165) is 5.56 Å². The van der Waals surface area contributed by atoms with Crippen molar-refractivity contribution in [3.8, 4) is 11.5 Å². The molecule has 0 bridgehead atoms. The van der Waals surface area contributed by atoms with Crippen LogP contribution in [0.3, 0.4) is 0 Å². The minimum absolute atomic E-state index is 0.0750. The van der Waals surface area contributed by atoms with Gasteiger partial charge in [-0.3, -0.25) is 14.9 Å². The third-order valence-electron chi connectivity index (χ3n) is 2.67. The molecule has 20 heavy (non-hydrogen) atoms. The Bertz CT molecular complexity index is 685. The Hall–Kier alpha value is -2.40. The van der Waals surface area contributed by atoms with E-state index in [1.54, 1.807) is 25.1 Å². The van der Waals surface area contributed by atoms with Gasteiger partial charge < -0.3 is 4.74 Å². The summed E-state index contributed by atoms with van der Waals surface area (Å²) in [4.78, 5) is 21.1. The highest BCUT2D eigenvalue weighted by atomic mass is 35.5. The van der Waals surface area contributed by atoms with Crippen molar-refractivity contribution < 1.29 is 14.5 Å². The average Bonchev–Trinajstić information content (AvgIpc) is 2.42. The van der Waals surface area contributed by atoms with E-state index in [1.807, 2.05) is 0 Å². The van der Waals surface area contributed by atoms with E-state index in [2.05, 4.69) is 0 Å². The zero-order chi connectivity index (χ0) is 14.7. The first-order valence-electron chi connectivity index (χ1n) is 5.69. The molecule has 2 aromatic carbocycles. The monoisotopic (exact) mass is 291 g/mol. The number of rotatable bonds is 4. The van der Waals surface area contributed by atoms with Gasteiger partial charge in [0.15, 0.2) is 0 Å². The summed E-state index contributed by atoms with van der Waals surface area (Å²) >= 11 is 5.84. The fourth-order valence-corrected chi connectivity index (χ4v) is 1.91. The number of nitrogens with zero attached hydrogens (tertiary/aromatic N) is 1. The molecule has 0 aromatic heterocycles. The molecular formula is C14H10ClNO4. The number of halogens is 1. The Morgan fingerprint density at radius 3 is 2.50 bits per heavy atom. The van der Waals surface area contributed by atoms with Crippen LogP contribution in [-0.4, -0.2) is 11.2 Å². The van der Waals surface area contributed by atoms with Gasteiger partial charge in [-0.15, -0.1) is 0 Å². The normalized spacial score (nSPS) is 10.1. The van der Waals surface area contributed by atoms with Crippen molar-refractivity contribution in [3.05, 3.63) is 62.7 Å². The van der Waals surface area contributed by atoms with E-state index in [4.69, 9.17) is 16.3 Å². The van der Waals surface area contributed by atoms with Crippen molar-refractivity contribution in [2.45, 2.75) is 6.92 Å². The molecule has 0 fully saturated rings. The number of benzene rings is 2. The summed E-state index contributed by atoms with van der Waals surface area (Å²) in [6.45, 7) is 1.78. The zero-order valence-electron chi connectivity index (χ0n) is 10.5. The number of hydrogen-bond acceptors (Lipinski definition) is 4. The lowest BCUT2D eigenvalue weighted by Crippen LogP contribution is -1.96. The minimum atomic E-state index is -0.590. The molecule has 0 spiro atoms. The summed E-state index contributed by atoms with van der Waals surface area (Å²) < 4.78 is 5.54. The van der Waals surface area contributed by atoms with E-state index < -0.39 is 4.92 Å². The number of aldehydes is 1. The Kier molecular flexibility index (Phi) is 4.00. The second-order valence-corrected chi connectivity index (χ2v) is 4.55. The SMILES string of the molecule is Cc1cc(Cl)ccc1Oc1ccc(C=O)cc1[N+](=O)[O-]. The molecule has 0 unspecified atom stereocenters. The van der Waals surface area contributed by atoms with Crippen LogP contribution < -0.4 is 4.74 Å². The summed E-state index contributed by atoms with van der Waals surface area (Å²) in [5, 5.41) is 11.6. The standard InChI is InChI=1S/C14H10ClNO4/c1-9-6-11(15)3-5-13(9)20-14-4-2-10(8-17)7-12(14)16(18)19/h2-8H,1H3. The summed E-state index contributed by atoms with van der Waals surface area (Å²) in [5.74, 6) is 0.544. The molecule has 0 saturated carbocycles. The van der Waals surface area contributed by atoms with Crippen LogP contribution in [0.2, 0.25) is 5.02 Å². The maximum atomic E-state index is 11.0. The van der Waals surface area contributed by atoms with Gasteiger partial charge in [-0.25, -0.2) is 0 Å². The highest BCUT2D eigenvalue weighted by molar-refractivity contribution is 6.30. The molecular weight excluding hydrogens is 282 g/mol. The fourth-order valence-electron chi connectivity index (χ4n) is 1.68. The molecule has 0 aliphatic rings. The first-order valence-corrected chi connectivity index (χ1v) is 6.06. The lowest BCUT2D eigenvalue weighted by atomic mass is 10.2. The predicted octanol–water partition coefficient (Wildman–Crippen LogP) is 4.16. The van der Waals surface area contributed by atoms with Gasteiger partial charge in [0.2, 0.25) is 5.75 Å². The topological polar surface area (TPSA) is 69.4 Å². The van der Waals surface area contributed by atoms with E-state index in [9.17, 15) is 14.9 Å². The van der Waals surface area contributed by atoms with E-state index in [0.29, 0.717) is 17.1 Å². The smallest absolute Gasteiger partial charge is 0.312 e. The molecule has 102 valence electrons. The quantitative estimate of drug-likeness (QED) is 0.482. The van der Waals surface area contributed by atoms with Gasteiger partial charge in [0.25, 0.3) is 0 Å². The average molecular weight is 292 g/mol. The minimum Gasteiger partial charge on any atom is -0.450 e. The van der Waals surface area contributed by atoms with Gasteiger partial charge >= 0.3 is 5.69 Å². The van der Waals surface area contributed by atoms with Crippen molar-refractivity contribution in [1.29, 1.82) is 0 Å². The van der Waals surface area contributed by atoms with E-state index >= 15 is 0 Å². The van der Waals surface area contributed by atoms with Crippen molar-refractivity contribution >= 4 is 23.6 Å². The molecule has 6 heteroatoms. The Balaban J connectivity index is 2.42. The Labute approximate surface area is 119 Å². The number of nitro benzene ring substituents is 1. The largest absolute Gasteiger partial charge is 0.450 e. The summed E-state index contributed by atoms with van der Waals surface area (Å²) in [7, 11) is 0. The molecule has 0 radical (unpaired) electrons. The molecule has 0 saturated heterocycles. The third-order valence-corrected chi connectivity index (χ3v) is 2.91. The number of carbonyl (C=O) groups excluding carboxylic acids is 1. The van der Waals surface area contributed by atoms with Crippen molar-refractivity contribution in [1.82, 2.24) is 0 Å². The predicted molar refractivity (Wildman–Crippen MR) is 74.7 cm³/mol. The number of hydrogen-bond donors (Lipinski definition) is 0. The van der Waals surface area contributed by atoms with Crippen LogP contribution in [0, 0.1) is 17.0 Å². The Morgan fingerprint density at radius 2 is 1.90 bits per heavy atom. The van der Waals surface area contributed by atoms with Gasteiger partial charge in [-0.2, -0.15) is 0 Å². The molecule has 0 aliphatic carbocycles. The van der Waals surface area contributed by atoms with Gasteiger partial charge in [-0.05, 0) is 42.8 Å². The van der Waals surface area contributed by atoms with Gasteiger partial charge in [0.05, 0.1) is 4.92 Å². The van der Waals surface area contributed by atoms with Crippen LogP contribution in [0.4, 0.5) is 5.69 Å². The number of carbonyl (C=O) groups is 1. The lowest BCUT2D eigenvalue weighted by molar-refractivity contribution is -0.385. The van der Waals surface area contributed by atoms with E-state index in [1.165, 1.54) is 18.2 Å². The second kappa shape index (κ2) is 5.71. The molecule has 2 aromatic rings. The summed E-state index contributed by atoms with van der Waals surface area (Å²) in [6, 6.07) is 9.00. The van der Waals surface area contributed by atoms with Crippen molar-refractivity contribution in [2.75, 3.05) is 0 Å². The highest BCUT2D eigenvalue weighted by Crippen LogP contribution is 2.34. The third kappa shape index (κ3) is 2.95. The highest BCUT2D eigenvalue weighted by Gasteiger charge is 2.17. The number of nitro groups is 1.